The summed E-state index contributed by atoms with van der Waals surface area (Å²) in [6, 6.07) is 7.78. The largest absolute Gasteiger partial charge is 0.461 e. The molecule has 1 aliphatic heterocycles. The van der Waals surface area contributed by atoms with Gasteiger partial charge in [-0.15, -0.1) is 0 Å². The average Bonchev–Trinajstić information content (AvgIpc) is 3.27. The number of aromatic amines is 1. The SMILES string of the molecule is CC.CCOC(=O)c1[nH]nc(-c2ccc(C3OCCO3)cc2)c1C. The van der Waals surface area contributed by atoms with Gasteiger partial charge in [0, 0.05) is 16.7 Å². The van der Waals surface area contributed by atoms with Crippen LogP contribution in [-0.2, 0) is 14.2 Å². The lowest BCUT2D eigenvalue weighted by molar-refractivity contribution is -0.0441. The Hall–Kier alpha value is -2.18. The normalized spacial score (nSPS) is 14.2. The molecule has 1 fully saturated rings. The van der Waals surface area contributed by atoms with Crippen LogP contribution in [0.5, 0.6) is 0 Å². The van der Waals surface area contributed by atoms with Gasteiger partial charge in [-0.05, 0) is 13.8 Å². The van der Waals surface area contributed by atoms with E-state index in [1.165, 1.54) is 0 Å². The molecule has 0 atom stereocenters. The Bertz CT molecular complexity index is 658. The minimum atomic E-state index is -0.386. The average molecular weight is 332 g/mol. The monoisotopic (exact) mass is 332 g/mol. The van der Waals surface area contributed by atoms with Crippen molar-refractivity contribution in [3.8, 4) is 11.3 Å². The summed E-state index contributed by atoms with van der Waals surface area (Å²) >= 11 is 0. The molecule has 130 valence electrons. The van der Waals surface area contributed by atoms with Gasteiger partial charge in [0.15, 0.2) is 6.29 Å². The van der Waals surface area contributed by atoms with Crippen molar-refractivity contribution >= 4 is 5.97 Å². The van der Waals surface area contributed by atoms with Crippen LogP contribution in [0.1, 0.15) is 48.7 Å². The first-order valence-corrected chi connectivity index (χ1v) is 8.26. The summed E-state index contributed by atoms with van der Waals surface area (Å²) in [6.07, 6.45) is -0.288. The summed E-state index contributed by atoms with van der Waals surface area (Å²) in [7, 11) is 0. The highest BCUT2D eigenvalue weighted by Crippen LogP contribution is 2.28. The van der Waals surface area contributed by atoms with Gasteiger partial charge in [-0.3, -0.25) is 5.10 Å². The molecule has 0 unspecified atom stereocenters. The van der Waals surface area contributed by atoms with Crippen LogP contribution in [0.2, 0.25) is 0 Å². The summed E-state index contributed by atoms with van der Waals surface area (Å²) in [5.74, 6) is -0.386. The second-order valence-electron chi connectivity index (χ2n) is 4.99. The van der Waals surface area contributed by atoms with E-state index in [4.69, 9.17) is 14.2 Å². The van der Waals surface area contributed by atoms with E-state index in [0.717, 1.165) is 22.4 Å². The summed E-state index contributed by atoms with van der Waals surface area (Å²) in [6.45, 7) is 9.20. The molecule has 1 aromatic carbocycles. The van der Waals surface area contributed by atoms with Gasteiger partial charge in [0.2, 0.25) is 0 Å². The highest BCUT2D eigenvalue weighted by molar-refractivity contribution is 5.91. The van der Waals surface area contributed by atoms with Crippen LogP contribution in [-0.4, -0.2) is 36.0 Å². The lowest BCUT2D eigenvalue weighted by atomic mass is 10.0. The minimum absolute atomic E-state index is 0.288. The molecule has 6 nitrogen and oxygen atoms in total. The summed E-state index contributed by atoms with van der Waals surface area (Å²) in [5, 5.41) is 6.98. The number of carbonyl (C=O) groups excluding carboxylic acids is 1. The molecule has 1 aliphatic rings. The van der Waals surface area contributed by atoms with Gasteiger partial charge in [0.1, 0.15) is 5.69 Å². The van der Waals surface area contributed by atoms with E-state index in [-0.39, 0.29) is 12.3 Å². The van der Waals surface area contributed by atoms with E-state index < -0.39 is 0 Å². The third kappa shape index (κ3) is 3.83. The molecule has 6 heteroatoms. The van der Waals surface area contributed by atoms with Crippen LogP contribution >= 0.6 is 0 Å². The number of benzene rings is 1. The molecule has 0 radical (unpaired) electrons. The van der Waals surface area contributed by atoms with Gasteiger partial charge in [-0.1, -0.05) is 38.1 Å². The van der Waals surface area contributed by atoms with Crippen molar-refractivity contribution in [1.29, 1.82) is 0 Å². The van der Waals surface area contributed by atoms with Crippen LogP contribution in [0.15, 0.2) is 24.3 Å². The number of nitrogens with zero attached hydrogens (tertiary/aromatic N) is 1. The second kappa shape index (κ2) is 8.61. The number of esters is 1. The highest BCUT2D eigenvalue weighted by Gasteiger charge is 2.20. The Morgan fingerprint density at radius 1 is 1.25 bits per heavy atom. The number of aromatic nitrogens is 2. The van der Waals surface area contributed by atoms with Crippen LogP contribution in [0.3, 0.4) is 0 Å². The van der Waals surface area contributed by atoms with Crippen LogP contribution < -0.4 is 0 Å². The summed E-state index contributed by atoms with van der Waals surface area (Å²) in [4.78, 5) is 11.8. The van der Waals surface area contributed by atoms with E-state index in [9.17, 15) is 4.79 Å². The Balaban J connectivity index is 0.00000100. The number of H-pyrrole nitrogens is 1. The molecule has 0 saturated carbocycles. The molecule has 1 aromatic heterocycles. The smallest absolute Gasteiger partial charge is 0.356 e. The van der Waals surface area contributed by atoms with Gasteiger partial charge in [0.25, 0.3) is 0 Å². The van der Waals surface area contributed by atoms with E-state index in [2.05, 4.69) is 10.2 Å². The minimum Gasteiger partial charge on any atom is -0.461 e. The second-order valence-corrected chi connectivity index (χ2v) is 4.99. The Morgan fingerprint density at radius 3 is 2.46 bits per heavy atom. The standard InChI is InChI=1S/C16H18N2O4.C2H6/c1-3-20-15(19)14-10(2)13(17-18-14)11-4-6-12(7-5-11)16-21-8-9-22-16;1-2/h4-7,16H,3,8-9H2,1-2H3,(H,17,18);1-2H3. The molecule has 1 saturated heterocycles. The zero-order valence-electron chi connectivity index (χ0n) is 14.6. The fourth-order valence-corrected chi connectivity index (χ4v) is 2.43. The number of hydrogen-bond donors (Lipinski definition) is 1. The number of rotatable bonds is 4. The fraction of sp³-hybridized carbons (Fsp3) is 0.444. The third-order valence-electron chi connectivity index (χ3n) is 3.57. The number of nitrogens with one attached hydrogen (secondary N) is 1. The molecule has 1 N–H and O–H groups in total. The Labute approximate surface area is 142 Å². The Morgan fingerprint density at radius 2 is 1.88 bits per heavy atom. The van der Waals surface area contributed by atoms with Gasteiger partial charge < -0.3 is 14.2 Å². The van der Waals surface area contributed by atoms with Crippen molar-refractivity contribution < 1.29 is 19.0 Å². The maximum absolute atomic E-state index is 11.8. The zero-order valence-corrected chi connectivity index (χ0v) is 14.6. The first kappa shape index (κ1) is 18.2. The van der Waals surface area contributed by atoms with Crippen molar-refractivity contribution in [3.05, 3.63) is 41.1 Å². The topological polar surface area (TPSA) is 73.4 Å². The van der Waals surface area contributed by atoms with Crippen molar-refractivity contribution in [2.45, 2.75) is 34.0 Å². The van der Waals surface area contributed by atoms with Crippen molar-refractivity contribution in [2.24, 2.45) is 0 Å². The van der Waals surface area contributed by atoms with E-state index in [1.54, 1.807) is 6.92 Å². The quantitative estimate of drug-likeness (QED) is 0.866. The first-order valence-electron chi connectivity index (χ1n) is 8.26. The maximum atomic E-state index is 11.8. The van der Waals surface area contributed by atoms with Gasteiger partial charge in [-0.25, -0.2) is 4.79 Å². The van der Waals surface area contributed by atoms with Crippen molar-refractivity contribution in [1.82, 2.24) is 10.2 Å². The number of hydrogen-bond acceptors (Lipinski definition) is 5. The molecule has 0 spiro atoms. The maximum Gasteiger partial charge on any atom is 0.356 e. The molecule has 24 heavy (non-hydrogen) atoms. The predicted molar refractivity (Wildman–Crippen MR) is 90.7 cm³/mol. The molecule has 0 bridgehead atoms. The third-order valence-corrected chi connectivity index (χ3v) is 3.57. The van der Waals surface area contributed by atoms with Crippen molar-refractivity contribution in [2.75, 3.05) is 19.8 Å². The first-order chi connectivity index (χ1) is 11.7. The summed E-state index contributed by atoms with van der Waals surface area (Å²) < 4.78 is 15.9. The Kier molecular flexibility index (Phi) is 6.52. The lowest BCUT2D eigenvalue weighted by Crippen LogP contribution is -2.06. The molecule has 3 rings (SSSR count). The van der Waals surface area contributed by atoms with Gasteiger partial charge in [0.05, 0.1) is 25.5 Å². The lowest BCUT2D eigenvalue weighted by Gasteiger charge is -2.09. The molecule has 0 aliphatic carbocycles. The van der Waals surface area contributed by atoms with E-state index >= 15 is 0 Å². The molecular weight excluding hydrogens is 308 g/mol. The van der Waals surface area contributed by atoms with E-state index in [1.807, 2.05) is 45.0 Å². The fourth-order valence-electron chi connectivity index (χ4n) is 2.43. The molecule has 0 amide bonds. The number of carbonyl (C=O) groups is 1. The van der Waals surface area contributed by atoms with Crippen LogP contribution in [0.25, 0.3) is 11.3 Å². The molecule has 2 aromatic rings. The van der Waals surface area contributed by atoms with Gasteiger partial charge >= 0.3 is 5.97 Å². The van der Waals surface area contributed by atoms with E-state index in [0.29, 0.717) is 25.5 Å². The predicted octanol–water partition coefficient (Wildman–Crippen LogP) is 3.63. The zero-order chi connectivity index (χ0) is 17.5. The number of ether oxygens (including phenoxy) is 3. The van der Waals surface area contributed by atoms with Crippen molar-refractivity contribution in [3.63, 3.8) is 0 Å². The highest BCUT2D eigenvalue weighted by atomic mass is 16.7. The molecule has 2 heterocycles. The molecular formula is C18H24N2O4. The van der Waals surface area contributed by atoms with Crippen LogP contribution in [0.4, 0.5) is 0 Å². The van der Waals surface area contributed by atoms with Crippen LogP contribution in [0, 0.1) is 6.92 Å². The van der Waals surface area contributed by atoms with Gasteiger partial charge in [-0.2, -0.15) is 5.10 Å². The summed E-state index contributed by atoms with van der Waals surface area (Å²) in [5.41, 5.74) is 3.80.